The Morgan fingerprint density at radius 1 is 1.13 bits per heavy atom. The predicted octanol–water partition coefficient (Wildman–Crippen LogP) is 4.20. The number of hydrogen-bond acceptors (Lipinski definition) is 7. The van der Waals surface area contributed by atoms with Crippen molar-refractivity contribution in [2.75, 3.05) is 18.9 Å². The Labute approximate surface area is 184 Å². The minimum Gasteiger partial charge on any atom is -0.388 e. The molecule has 0 unspecified atom stereocenters. The van der Waals surface area contributed by atoms with Gasteiger partial charge in [-0.2, -0.15) is 0 Å². The first kappa shape index (κ1) is 17.9. The molecule has 0 aliphatic carbocycles. The first-order valence-corrected chi connectivity index (χ1v) is 10.0. The zero-order valence-electron chi connectivity index (χ0n) is 19.8. The standard InChI is InChI=1S/C24H25N7/c1-15(19-6-5-7-21-20(16(2)25-4)8-9-26-24(19)21)11-29-23-10-22(30-14-31-23)18-12-27-17(3)28-13-18/h5-10,12-15,25H,2,11H2,1,3-4H3,(H,29,30,31)/t15-/m1/s1/i12D,13D. The van der Waals surface area contributed by atoms with Gasteiger partial charge in [0.1, 0.15) is 18.0 Å². The van der Waals surface area contributed by atoms with E-state index in [1.165, 1.54) is 6.33 Å². The van der Waals surface area contributed by atoms with Gasteiger partial charge in [-0.15, -0.1) is 0 Å². The first-order valence-electron chi connectivity index (χ1n) is 11.0. The maximum atomic E-state index is 8.11. The number of benzene rings is 1. The van der Waals surface area contributed by atoms with Crippen LogP contribution in [0.15, 0.2) is 61.8 Å². The lowest BCUT2D eigenvalue weighted by atomic mass is 9.95. The summed E-state index contributed by atoms with van der Waals surface area (Å²) in [5, 5.41) is 7.51. The van der Waals surface area contributed by atoms with Gasteiger partial charge in [-0.25, -0.2) is 19.9 Å². The second-order valence-electron chi connectivity index (χ2n) is 7.27. The van der Waals surface area contributed by atoms with E-state index in [1.54, 1.807) is 19.2 Å². The number of hydrogen-bond donors (Lipinski definition) is 2. The Hall–Kier alpha value is -3.87. The van der Waals surface area contributed by atoms with E-state index in [-0.39, 0.29) is 23.8 Å². The molecular weight excluding hydrogens is 386 g/mol. The van der Waals surface area contributed by atoms with Crippen LogP contribution in [0.25, 0.3) is 27.9 Å². The van der Waals surface area contributed by atoms with Gasteiger partial charge in [0.25, 0.3) is 0 Å². The van der Waals surface area contributed by atoms with Crippen LogP contribution >= 0.6 is 0 Å². The molecule has 2 N–H and O–H groups in total. The van der Waals surface area contributed by atoms with Crippen LogP contribution in [-0.2, 0) is 0 Å². The molecule has 0 amide bonds. The van der Waals surface area contributed by atoms with Gasteiger partial charge in [-0.05, 0) is 18.6 Å². The summed E-state index contributed by atoms with van der Waals surface area (Å²) < 4.78 is 16.2. The third-order valence-electron chi connectivity index (χ3n) is 5.13. The number of anilines is 1. The van der Waals surface area contributed by atoms with Gasteiger partial charge in [0.05, 0.1) is 14.0 Å². The second-order valence-corrected chi connectivity index (χ2v) is 7.27. The van der Waals surface area contributed by atoms with E-state index in [9.17, 15) is 0 Å². The number of aromatic nitrogens is 5. The van der Waals surface area contributed by atoms with Gasteiger partial charge < -0.3 is 10.6 Å². The van der Waals surface area contributed by atoms with Gasteiger partial charge in [-0.3, -0.25) is 4.98 Å². The summed E-state index contributed by atoms with van der Waals surface area (Å²) >= 11 is 0. The van der Waals surface area contributed by atoms with Crippen LogP contribution in [0.1, 0.15) is 32.5 Å². The Kier molecular flexibility index (Phi) is 5.13. The molecule has 0 saturated heterocycles. The molecule has 0 fully saturated rings. The van der Waals surface area contributed by atoms with Crippen molar-refractivity contribution >= 4 is 22.4 Å². The van der Waals surface area contributed by atoms with E-state index in [1.807, 2.05) is 19.2 Å². The number of fused-ring (bicyclic) bond motifs is 1. The van der Waals surface area contributed by atoms with Crippen molar-refractivity contribution in [3.63, 3.8) is 0 Å². The topological polar surface area (TPSA) is 88.5 Å². The van der Waals surface area contributed by atoms with Crippen LogP contribution in [-0.4, -0.2) is 38.5 Å². The Morgan fingerprint density at radius 2 is 1.94 bits per heavy atom. The average Bonchev–Trinajstić information content (AvgIpc) is 2.81. The van der Waals surface area contributed by atoms with Crippen molar-refractivity contribution < 1.29 is 2.74 Å². The molecule has 3 heterocycles. The van der Waals surface area contributed by atoms with Crippen molar-refractivity contribution in [1.29, 1.82) is 0 Å². The minimum atomic E-state index is -0.0219. The zero-order valence-corrected chi connectivity index (χ0v) is 17.8. The molecule has 0 aliphatic heterocycles. The van der Waals surface area contributed by atoms with Gasteiger partial charge in [0.2, 0.25) is 0 Å². The number of para-hydroxylation sites is 1. The molecule has 4 rings (SSSR count). The maximum absolute atomic E-state index is 8.11. The van der Waals surface area contributed by atoms with Gasteiger partial charge in [-0.1, -0.05) is 31.7 Å². The quantitative estimate of drug-likeness (QED) is 0.469. The monoisotopic (exact) mass is 413 g/mol. The van der Waals surface area contributed by atoms with E-state index < -0.39 is 0 Å². The first-order chi connectivity index (χ1) is 15.9. The molecule has 7 heteroatoms. The van der Waals surface area contributed by atoms with Crippen LogP contribution < -0.4 is 10.6 Å². The lowest BCUT2D eigenvalue weighted by Crippen LogP contribution is -2.12. The molecule has 1 atom stereocenters. The highest BCUT2D eigenvalue weighted by Gasteiger charge is 2.14. The molecule has 1 aromatic carbocycles. The lowest BCUT2D eigenvalue weighted by molar-refractivity contribution is 0.805. The normalized spacial score (nSPS) is 12.7. The van der Waals surface area contributed by atoms with Crippen LogP contribution in [0.3, 0.4) is 0 Å². The summed E-state index contributed by atoms with van der Waals surface area (Å²) in [5.41, 5.74) is 4.67. The fourth-order valence-corrected chi connectivity index (χ4v) is 3.39. The van der Waals surface area contributed by atoms with Gasteiger partial charge >= 0.3 is 0 Å². The van der Waals surface area contributed by atoms with Crippen molar-refractivity contribution in [1.82, 2.24) is 30.2 Å². The molecule has 3 aromatic heterocycles. The van der Waals surface area contributed by atoms with Crippen molar-refractivity contribution in [2.45, 2.75) is 19.8 Å². The third-order valence-corrected chi connectivity index (χ3v) is 5.13. The van der Waals surface area contributed by atoms with E-state index in [4.69, 9.17) is 2.74 Å². The fourth-order valence-electron chi connectivity index (χ4n) is 3.39. The van der Waals surface area contributed by atoms with Crippen molar-refractivity contribution in [2.24, 2.45) is 0 Å². The smallest absolute Gasteiger partial charge is 0.129 e. The SMILES string of the molecule is [2H]c1nc(C)nc([2H])c1-c1cc(NC[C@@H](C)c2cccc3c(C(=C)NC)ccnc23)ncn1. The summed E-state index contributed by atoms with van der Waals surface area (Å²) in [4.78, 5) is 21.3. The third kappa shape index (κ3) is 4.35. The van der Waals surface area contributed by atoms with Crippen LogP contribution in [0.2, 0.25) is 0 Å². The molecule has 4 aromatic rings. The summed E-state index contributed by atoms with van der Waals surface area (Å²) in [7, 11) is 1.86. The Balaban J connectivity index is 1.58. The minimum absolute atomic E-state index is 0.0219. The number of pyridine rings is 1. The second kappa shape index (κ2) is 8.87. The fraction of sp³-hybridized carbons (Fsp3) is 0.208. The number of nitrogens with one attached hydrogen (secondary N) is 2. The van der Waals surface area contributed by atoms with Crippen molar-refractivity contribution in [3.8, 4) is 11.3 Å². The molecule has 0 spiro atoms. The molecule has 0 saturated carbocycles. The largest absolute Gasteiger partial charge is 0.388 e. The lowest BCUT2D eigenvalue weighted by Gasteiger charge is -2.17. The molecule has 0 radical (unpaired) electrons. The Morgan fingerprint density at radius 3 is 2.71 bits per heavy atom. The molecular formula is C24H25N7. The van der Waals surface area contributed by atoms with Crippen molar-refractivity contribution in [3.05, 3.63) is 78.7 Å². The molecule has 7 nitrogen and oxygen atoms in total. The van der Waals surface area contributed by atoms with E-state index >= 15 is 0 Å². The molecule has 156 valence electrons. The average molecular weight is 414 g/mol. The molecule has 31 heavy (non-hydrogen) atoms. The molecule has 0 bridgehead atoms. The van der Waals surface area contributed by atoms with Gasteiger partial charge in [0.15, 0.2) is 0 Å². The van der Waals surface area contributed by atoms with E-state index in [0.717, 1.165) is 27.7 Å². The summed E-state index contributed by atoms with van der Waals surface area (Å²) in [6.07, 6.45) is 3.18. The summed E-state index contributed by atoms with van der Waals surface area (Å²) in [6.45, 7) is 8.49. The van der Waals surface area contributed by atoms with E-state index in [2.05, 4.69) is 61.2 Å². The predicted molar refractivity (Wildman–Crippen MR) is 125 cm³/mol. The van der Waals surface area contributed by atoms with Crippen LogP contribution in [0.5, 0.6) is 0 Å². The van der Waals surface area contributed by atoms with Crippen LogP contribution in [0, 0.1) is 6.92 Å². The summed E-state index contributed by atoms with van der Waals surface area (Å²) in [6, 6.07) is 9.86. The Bertz CT molecular complexity index is 1320. The van der Waals surface area contributed by atoms with E-state index in [0.29, 0.717) is 23.9 Å². The highest BCUT2D eigenvalue weighted by atomic mass is 15.0. The highest BCUT2D eigenvalue weighted by Crippen LogP contribution is 2.28. The highest BCUT2D eigenvalue weighted by molar-refractivity contribution is 5.92. The zero-order chi connectivity index (χ0) is 23.5. The number of nitrogens with zero attached hydrogens (tertiary/aromatic N) is 5. The molecule has 0 aliphatic rings. The number of rotatable bonds is 7. The number of aryl methyl sites for hydroxylation is 1. The maximum Gasteiger partial charge on any atom is 0.129 e. The van der Waals surface area contributed by atoms with Crippen LogP contribution in [0.4, 0.5) is 5.82 Å². The van der Waals surface area contributed by atoms with Gasteiger partial charge in [0, 0.05) is 66.3 Å². The summed E-state index contributed by atoms with van der Waals surface area (Å²) in [5.74, 6) is 1.13.